The van der Waals surface area contributed by atoms with Crippen molar-refractivity contribution in [3.05, 3.63) is 39.9 Å². The number of carbonyl (C=O) groups excluding carboxylic acids is 2. The van der Waals surface area contributed by atoms with Crippen molar-refractivity contribution in [2.75, 3.05) is 39.3 Å². The molecule has 0 aliphatic carbocycles. The van der Waals surface area contributed by atoms with Crippen molar-refractivity contribution in [2.24, 2.45) is 5.92 Å². The number of hydrogen-bond acceptors (Lipinski definition) is 5. The number of piperazine rings is 1. The average Bonchev–Trinajstić information content (AvgIpc) is 2.53. The van der Waals surface area contributed by atoms with Gasteiger partial charge in [-0.25, -0.2) is 0 Å². The van der Waals surface area contributed by atoms with E-state index in [1.54, 1.807) is 4.90 Å². The molecular formula is C15H19ClN4O4. The minimum absolute atomic E-state index is 0. The summed E-state index contributed by atoms with van der Waals surface area (Å²) >= 11 is 0. The predicted molar refractivity (Wildman–Crippen MR) is 89.2 cm³/mol. The van der Waals surface area contributed by atoms with Gasteiger partial charge in [0.1, 0.15) is 0 Å². The van der Waals surface area contributed by atoms with E-state index in [0.29, 0.717) is 31.7 Å². The highest BCUT2D eigenvalue weighted by molar-refractivity contribution is 5.94. The minimum Gasteiger partial charge on any atom is -0.339 e. The van der Waals surface area contributed by atoms with Crippen molar-refractivity contribution >= 4 is 29.9 Å². The molecule has 2 heterocycles. The van der Waals surface area contributed by atoms with E-state index in [-0.39, 0.29) is 35.8 Å². The molecule has 24 heavy (non-hydrogen) atoms. The summed E-state index contributed by atoms with van der Waals surface area (Å²) in [6.45, 7) is 3.52. The zero-order chi connectivity index (χ0) is 16.4. The fraction of sp³-hybridized carbons (Fsp3) is 0.467. The molecule has 130 valence electrons. The molecule has 0 radical (unpaired) electrons. The van der Waals surface area contributed by atoms with Crippen LogP contribution in [0.15, 0.2) is 24.3 Å². The van der Waals surface area contributed by atoms with Gasteiger partial charge >= 0.3 is 0 Å². The van der Waals surface area contributed by atoms with Gasteiger partial charge < -0.3 is 15.1 Å². The number of amides is 2. The highest BCUT2D eigenvalue weighted by Crippen LogP contribution is 2.16. The summed E-state index contributed by atoms with van der Waals surface area (Å²) in [6, 6.07) is 5.60. The van der Waals surface area contributed by atoms with Crippen LogP contribution in [0.4, 0.5) is 5.69 Å². The van der Waals surface area contributed by atoms with Crippen LogP contribution in [0.1, 0.15) is 10.4 Å². The highest BCUT2D eigenvalue weighted by Gasteiger charge is 2.32. The quantitative estimate of drug-likeness (QED) is 0.630. The Hall–Kier alpha value is -2.19. The molecule has 8 nitrogen and oxygen atoms in total. The van der Waals surface area contributed by atoms with Gasteiger partial charge in [-0.2, -0.15) is 0 Å². The second kappa shape index (κ2) is 7.59. The number of rotatable bonds is 3. The number of nitrogens with zero attached hydrogens (tertiary/aromatic N) is 3. The van der Waals surface area contributed by atoms with Gasteiger partial charge in [-0.1, -0.05) is 0 Å². The van der Waals surface area contributed by atoms with Crippen LogP contribution in [-0.2, 0) is 4.79 Å². The van der Waals surface area contributed by atoms with Gasteiger partial charge in [0.15, 0.2) is 0 Å². The Bertz CT molecular complexity index is 625. The third-order valence-electron chi connectivity index (χ3n) is 4.33. The standard InChI is InChI=1S/C15H18N4O4.ClH/c20-14(11-1-3-13(4-2-11)19(22)23)17-5-7-18(8-6-17)15(21)12-9-16-10-12;/h1-4,12,16H,5-10H2;1H. The Kier molecular flexibility index (Phi) is 5.74. The van der Waals surface area contributed by atoms with E-state index in [9.17, 15) is 19.7 Å². The maximum absolute atomic E-state index is 12.4. The van der Waals surface area contributed by atoms with Gasteiger partial charge in [-0.3, -0.25) is 19.7 Å². The average molecular weight is 355 g/mol. The van der Waals surface area contributed by atoms with Gasteiger partial charge in [0.05, 0.1) is 10.8 Å². The van der Waals surface area contributed by atoms with Crippen molar-refractivity contribution in [1.82, 2.24) is 15.1 Å². The third-order valence-corrected chi connectivity index (χ3v) is 4.33. The van der Waals surface area contributed by atoms with Gasteiger partial charge in [0, 0.05) is 57.0 Å². The monoisotopic (exact) mass is 354 g/mol. The lowest BCUT2D eigenvalue weighted by Crippen LogP contribution is -2.57. The number of nitro benzene ring substituents is 1. The fourth-order valence-electron chi connectivity index (χ4n) is 2.76. The molecule has 0 aromatic heterocycles. The number of benzene rings is 1. The van der Waals surface area contributed by atoms with Gasteiger partial charge in [0.2, 0.25) is 5.91 Å². The van der Waals surface area contributed by atoms with E-state index in [2.05, 4.69) is 5.32 Å². The molecule has 2 fully saturated rings. The van der Waals surface area contributed by atoms with E-state index < -0.39 is 4.92 Å². The lowest BCUT2D eigenvalue weighted by Gasteiger charge is -2.38. The Balaban J connectivity index is 0.00000208. The normalized spacial score (nSPS) is 17.7. The molecule has 2 amide bonds. The molecule has 0 atom stereocenters. The third kappa shape index (κ3) is 3.65. The second-order valence-electron chi connectivity index (χ2n) is 5.78. The van der Waals surface area contributed by atoms with Crippen molar-refractivity contribution in [1.29, 1.82) is 0 Å². The van der Waals surface area contributed by atoms with Crippen LogP contribution in [0, 0.1) is 16.0 Å². The van der Waals surface area contributed by atoms with Gasteiger partial charge in [-0.05, 0) is 12.1 Å². The molecule has 0 unspecified atom stereocenters. The summed E-state index contributed by atoms with van der Waals surface area (Å²) in [7, 11) is 0. The van der Waals surface area contributed by atoms with E-state index in [0.717, 1.165) is 13.1 Å². The maximum Gasteiger partial charge on any atom is 0.269 e. The minimum atomic E-state index is -0.492. The number of carbonyl (C=O) groups is 2. The zero-order valence-corrected chi connectivity index (χ0v) is 13.8. The summed E-state index contributed by atoms with van der Waals surface area (Å²) in [5.74, 6) is 0.0791. The van der Waals surface area contributed by atoms with E-state index in [4.69, 9.17) is 0 Å². The molecule has 2 aliphatic rings. The molecule has 2 aliphatic heterocycles. The maximum atomic E-state index is 12.4. The molecule has 0 bridgehead atoms. The zero-order valence-electron chi connectivity index (χ0n) is 13.0. The molecule has 9 heteroatoms. The number of halogens is 1. The number of nitro groups is 1. The summed E-state index contributed by atoms with van der Waals surface area (Å²) in [4.78, 5) is 38.2. The fourth-order valence-corrected chi connectivity index (χ4v) is 2.76. The van der Waals surface area contributed by atoms with Gasteiger partial charge in [0.25, 0.3) is 11.6 Å². The predicted octanol–water partition coefficient (Wildman–Crippen LogP) is 0.520. The lowest BCUT2D eigenvalue weighted by molar-refractivity contribution is -0.384. The van der Waals surface area contributed by atoms with Crippen molar-refractivity contribution in [2.45, 2.75) is 0 Å². The van der Waals surface area contributed by atoms with Crippen LogP contribution in [-0.4, -0.2) is 65.8 Å². The molecule has 1 N–H and O–H groups in total. The summed E-state index contributed by atoms with van der Waals surface area (Å²) in [5.41, 5.74) is 0.393. The van der Waals surface area contributed by atoms with Crippen LogP contribution in [0.5, 0.6) is 0 Å². The van der Waals surface area contributed by atoms with Crippen LogP contribution in [0.25, 0.3) is 0 Å². The van der Waals surface area contributed by atoms with Crippen molar-refractivity contribution < 1.29 is 14.5 Å². The number of non-ortho nitro benzene ring substituents is 1. The first-order valence-electron chi connectivity index (χ1n) is 7.59. The van der Waals surface area contributed by atoms with E-state index >= 15 is 0 Å². The summed E-state index contributed by atoms with van der Waals surface area (Å²) < 4.78 is 0. The molecule has 0 spiro atoms. The van der Waals surface area contributed by atoms with Gasteiger partial charge in [-0.15, -0.1) is 12.4 Å². The molecule has 3 rings (SSSR count). The topological polar surface area (TPSA) is 95.8 Å². The largest absolute Gasteiger partial charge is 0.339 e. The smallest absolute Gasteiger partial charge is 0.269 e. The molecule has 1 aromatic rings. The van der Waals surface area contributed by atoms with Crippen LogP contribution >= 0.6 is 12.4 Å². The van der Waals surface area contributed by atoms with E-state index in [1.807, 2.05) is 4.90 Å². The Morgan fingerprint density at radius 1 is 1.04 bits per heavy atom. The molecule has 1 aromatic carbocycles. The second-order valence-corrected chi connectivity index (χ2v) is 5.78. The summed E-state index contributed by atoms with van der Waals surface area (Å²) in [6.07, 6.45) is 0. The molecular weight excluding hydrogens is 336 g/mol. The van der Waals surface area contributed by atoms with Crippen LogP contribution < -0.4 is 5.32 Å². The summed E-state index contributed by atoms with van der Waals surface area (Å²) in [5, 5.41) is 13.7. The molecule has 0 saturated carbocycles. The van der Waals surface area contributed by atoms with Crippen LogP contribution in [0.3, 0.4) is 0 Å². The first-order valence-corrected chi connectivity index (χ1v) is 7.59. The Morgan fingerprint density at radius 2 is 1.58 bits per heavy atom. The van der Waals surface area contributed by atoms with Crippen molar-refractivity contribution in [3.63, 3.8) is 0 Å². The highest BCUT2D eigenvalue weighted by atomic mass is 35.5. The number of nitrogens with one attached hydrogen (secondary N) is 1. The Labute approximate surface area is 145 Å². The molecule has 2 saturated heterocycles. The lowest BCUT2D eigenvalue weighted by atomic mass is 10.0. The SMILES string of the molecule is Cl.O=C(c1ccc([N+](=O)[O-])cc1)N1CCN(C(=O)C2CNC2)CC1. The first-order chi connectivity index (χ1) is 11.1. The first kappa shape index (κ1) is 18.2. The number of hydrogen-bond donors (Lipinski definition) is 1. The van der Waals surface area contributed by atoms with E-state index in [1.165, 1.54) is 24.3 Å². The Morgan fingerprint density at radius 3 is 2.04 bits per heavy atom. The van der Waals surface area contributed by atoms with Crippen molar-refractivity contribution in [3.8, 4) is 0 Å². The van der Waals surface area contributed by atoms with Crippen LogP contribution in [0.2, 0.25) is 0 Å².